The topological polar surface area (TPSA) is 65.0 Å². The van der Waals surface area contributed by atoms with Crippen LogP contribution < -0.4 is 14.2 Å². The number of carboxylic acid groups (broad SMARTS) is 1. The smallest absolute Gasteiger partial charge is 0.303 e. The van der Waals surface area contributed by atoms with Crippen LogP contribution in [0.4, 0.5) is 0 Å². The molecule has 0 aliphatic heterocycles. The van der Waals surface area contributed by atoms with Gasteiger partial charge in [0.1, 0.15) is 11.5 Å². The van der Waals surface area contributed by atoms with Gasteiger partial charge in [-0.15, -0.1) is 0 Å². The molecule has 5 nitrogen and oxygen atoms in total. The van der Waals surface area contributed by atoms with E-state index < -0.39 is 5.97 Å². The monoisotopic (exact) mass is 462 g/mol. The van der Waals surface area contributed by atoms with Crippen LogP contribution in [0, 0.1) is 13.8 Å². The number of aryl methyl sites for hydroxylation is 4. The van der Waals surface area contributed by atoms with Crippen LogP contribution in [0.1, 0.15) is 48.9 Å². The summed E-state index contributed by atoms with van der Waals surface area (Å²) in [4.78, 5) is 10.9. The molecule has 1 atom stereocenters. The van der Waals surface area contributed by atoms with Gasteiger partial charge in [0.05, 0.1) is 12.7 Å². The summed E-state index contributed by atoms with van der Waals surface area (Å²) in [5.74, 6) is 2.19. The number of ether oxygens (including phenoxy) is 3. The van der Waals surface area contributed by atoms with E-state index in [-0.39, 0.29) is 12.5 Å². The van der Waals surface area contributed by atoms with Crippen LogP contribution in [-0.2, 0) is 17.6 Å². The maximum Gasteiger partial charge on any atom is 0.303 e. The Kier molecular flexibility index (Phi) is 8.97. The second-order valence-electron chi connectivity index (χ2n) is 8.61. The lowest BCUT2D eigenvalue weighted by atomic mass is 10.0. The molecule has 34 heavy (non-hydrogen) atoms. The number of aliphatic carboxylic acids is 1. The Balaban J connectivity index is 1.56. The van der Waals surface area contributed by atoms with Crippen molar-refractivity contribution in [1.82, 2.24) is 0 Å². The summed E-state index contributed by atoms with van der Waals surface area (Å²) < 4.78 is 18.3. The number of carboxylic acids is 1. The summed E-state index contributed by atoms with van der Waals surface area (Å²) in [7, 11) is 0. The van der Waals surface area contributed by atoms with Crippen molar-refractivity contribution >= 4 is 5.97 Å². The fourth-order valence-electron chi connectivity index (χ4n) is 3.65. The Morgan fingerprint density at radius 1 is 0.882 bits per heavy atom. The van der Waals surface area contributed by atoms with E-state index in [1.54, 1.807) is 0 Å². The molecule has 0 aromatic heterocycles. The van der Waals surface area contributed by atoms with Gasteiger partial charge in [0.2, 0.25) is 0 Å². The lowest BCUT2D eigenvalue weighted by molar-refractivity contribution is -0.136. The Morgan fingerprint density at radius 2 is 1.59 bits per heavy atom. The first kappa shape index (κ1) is 25.2. The lowest BCUT2D eigenvalue weighted by Crippen LogP contribution is -2.16. The quantitative estimate of drug-likeness (QED) is 0.317. The molecule has 0 heterocycles. The maximum atomic E-state index is 10.9. The van der Waals surface area contributed by atoms with Gasteiger partial charge in [-0.3, -0.25) is 4.79 Å². The molecule has 0 unspecified atom stereocenters. The summed E-state index contributed by atoms with van der Waals surface area (Å²) in [6.45, 7) is 8.67. The Labute approximate surface area is 202 Å². The average Bonchev–Trinajstić information content (AvgIpc) is 2.81. The number of hydrogen-bond acceptors (Lipinski definition) is 4. The third-order valence-corrected chi connectivity index (χ3v) is 5.64. The van der Waals surface area contributed by atoms with E-state index in [9.17, 15) is 4.79 Å². The Hall–Kier alpha value is -3.47. The van der Waals surface area contributed by atoms with Crippen molar-refractivity contribution in [2.24, 2.45) is 0 Å². The second kappa shape index (κ2) is 12.1. The van der Waals surface area contributed by atoms with E-state index >= 15 is 0 Å². The molecule has 0 spiro atoms. The zero-order chi connectivity index (χ0) is 24.5. The van der Waals surface area contributed by atoms with E-state index in [0.717, 1.165) is 34.6 Å². The first-order valence-corrected chi connectivity index (χ1v) is 11.8. The summed E-state index contributed by atoms with van der Waals surface area (Å²) in [5, 5.41) is 8.94. The number of hydrogen-bond donors (Lipinski definition) is 1. The highest BCUT2D eigenvalue weighted by Gasteiger charge is 2.12. The van der Waals surface area contributed by atoms with E-state index in [2.05, 4.69) is 6.92 Å². The molecular weight excluding hydrogens is 428 g/mol. The van der Waals surface area contributed by atoms with Crippen molar-refractivity contribution in [2.45, 2.75) is 59.5 Å². The first-order valence-electron chi connectivity index (χ1n) is 11.8. The number of benzene rings is 3. The molecule has 0 fully saturated rings. The molecule has 180 valence electrons. The number of carbonyl (C=O) groups is 1. The van der Waals surface area contributed by atoms with Gasteiger partial charge in [-0.1, -0.05) is 36.8 Å². The van der Waals surface area contributed by atoms with Crippen molar-refractivity contribution in [3.05, 3.63) is 82.9 Å². The minimum atomic E-state index is -0.780. The van der Waals surface area contributed by atoms with Crippen LogP contribution in [0.25, 0.3) is 0 Å². The summed E-state index contributed by atoms with van der Waals surface area (Å²) in [6.07, 6.45) is 2.15. The molecule has 0 saturated heterocycles. The zero-order valence-electron chi connectivity index (χ0n) is 20.5. The van der Waals surface area contributed by atoms with Gasteiger partial charge >= 0.3 is 5.97 Å². The molecule has 3 rings (SSSR count). The SMILES string of the molecule is CCc1cc(OCC[C@@H](C)Oc2ccc(C)cc2Oc2ccc(C)cc2)ccc1CCC(=O)O. The standard InChI is InChI=1S/C29H34O5/c1-5-23-19-26(13-9-24(23)10-15-29(30)31)32-17-16-22(4)33-27-14-8-21(3)18-28(27)34-25-11-6-20(2)7-12-25/h6-9,11-14,18-19,22H,5,10,15-17H2,1-4H3,(H,30,31)/t22-/m1/s1. The van der Waals surface area contributed by atoms with Gasteiger partial charge in [0.25, 0.3) is 0 Å². The van der Waals surface area contributed by atoms with Gasteiger partial charge in [-0.25, -0.2) is 0 Å². The molecule has 3 aromatic rings. The fourth-order valence-corrected chi connectivity index (χ4v) is 3.65. The van der Waals surface area contributed by atoms with Gasteiger partial charge < -0.3 is 19.3 Å². The Morgan fingerprint density at radius 3 is 2.29 bits per heavy atom. The number of rotatable bonds is 12. The van der Waals surface area contributed by atoms with Crippen molar-refractivity contribution in [1.29, 1.82) is 0 Å². The van der Waals surface area contributed by atoms with E-state index in [1.165, 1.54) is 5.56 Å². The highest BCUT2D eigenvalue weighted by Crippen LogP contribution is 2.33. The predicted molar refractivity (Wildman–Crippen MR) is 134 cm³/mol. The van der Waals surface area contributed by atoms with Crippen LogP contribution in [0.3, 0.4) is 0 Å². The molecule has 0 saturated carbocycles. The summed E-state index contributed by atoms with van der Waals surface area (Å²) in [6, 6.07) is 19.8. The fraction of sp³-hybridized carbons (Fsp3) is 0.345. The molecule has 0 bridgehead atoms. The van der Waals surface area contributed by atoms with E-state index in [1.807, 2.05) is 81.4 Å². The summed E-state index contributed by atoms with van der Waals surface area (Å²) in [5.41, 5.74) is 4.47. The van der Waals surface area contributed by atoms with Gasteiger partial charge in [0, 0.05) is 12.8 Å². The summed E-state index contributed by atoms with van der Waals surface area (Å²) >= 11 is 0. The second-order valence-corrected chi connectivity index (χ2v) is 8.61. The van der Waals surface area contributed by atoms with Crippen molar-refractivity contribution in [2.75, 3.05) is 6.61 Å². The molecule has 3 aromatic carbocycles. The third-order valence-electron chi connectivity index (χ3n) is 5.64. The molecule has 0 amide bonds. The third kappa shape index (κ3) is 7.55. The molecular formula is C29H34O5. The molecule has 0 radical (unpaired) electrons. The largest absolute Gasteiger partial charge is 0.493 e. The van der Waals surface area contributed by atoms with Gasteiger partial charge in [-0.2, -0.15) is 0 Å². The molecule has 0 aliphatic rings. The molecule has 1 N–H and O–H groups in total. The van der Waals surface area contributed by atoms with E-state index in [4.69, 9.17) is 19.3 Å². The van der Waals surface area contributed by atoms with Crippen molar-refractivity contribution in [3.63, 3.8) is 0 Å². The van der Waals surface area contributed by atoms with Crippen molar-refractivity contribution < 1.29 is 24.1 Å². The van der Waals surface area contributed by atoms with Crippen LogP contribution in [0.2, 0.25) is 0 Å². The highest BCUT2D eigenvalue weighted by molar-refractivity contribution is 5.67. The van der Waals surface area contributed by atoms with Gasteiger partial charge in [0.15, 0.2) is 11.5 Å². The van der Waals surface area contributed by atoms with Crippen LogP contribution in [0.5, 0.6) is 23.0 Å². The minimum Gasteiger partial charge on any atom is -0.493 e. The van der Waals surface area contributed by atoms with Crippen LogP contribution in [-0.4, -0.2) is 23.8 Å². The predicted octanol–water partition coefficient (Wildman–Crippen LogP) is 6.91. The molecule has 0 aliphatic carbocycles. The van der Waals surface area contributed by atoms with E-state index in [0.29, 0.717) is 30.9 Å². The van der Waals surface area contributed by atoms with Crippen molar-refractivity contribution in [3.8, 4) is 23.0 Å². The maximum absolute atomic E-state index is 10.9. The first-order chi connectivity index (χ1) is 16.3. The normalized spacial score (nSPS) is 11.6. The molecule has 5 heteroatoms. The zero-order valence-corrected chi connectivity index (χ0v) is 20.5. The minimum absolute atomic E-state index is 0.0661. The van der Waals surface area contributed by atoms with Crippen LogP contribution >= 0.6 is 0 Å². The Bertz CT molecular complexity index is 1090. The van der Waals surface area contributed by atoms with Crippen LogP contribution in [0.15, 0.2) is 60.7 Å². The average molecular weight is 463 g/mol. The highest BCUT2D eigenvalue weighted by atomic mass is 16.5. The lowest BCUT2D eigenvalue weighted by Gasteiger charge is -2.19. The van der Waals surface area contributed by atoms with Gasteiger partial charge in [-0.05, 0) is 86.7 Å².